The number of nitrogens with one attached hydrogen (secondary N) is 1. The first-order valence-electron chi connectivity index (χ1n) is 9.17. The van der Waals surface area contributed by atoms with Crippen LogP contribution in [0.25, 0.3) is 0 Å². The van der Waals surface area contributed by atoms with E-state index in [0.717, 1.165) is 27.3 Å². The molecule has 1 N–H and O–H groups in total. The Hall–Kier alpha value is -2.05. The Labute approximate surface area is 172 Å². The molecule has 2 aromatic carbocycles. The molecular formula is C21H27ClN2O3S. The van der Waals surface area contributed by atoms with Gasteiger partial charge in [0.2, 0.25) is 15.9 Å². The molecule has 2 rings (SSSR count). The van der Waals surface area contributed by atoms with Crippen molar-refractivity contribution in [1.29, 1.82) is 0 Å². The van der Waals surface area contributed by atoms with Crippen LogP contribution in [0.3, 0.4) is 0 Å². The van der Waals surface area contributed by atoms with Crippen molar-refractivity contribution in [2.45, 2.75) is 46.2 Å². The predicted octanol–water partition coefficient (Wildman–Crippen LogP) is 4.38. The highest BCUT2D eigenvalue weighted by Gasteiger charge is 2.32. The van der Waals surface area contributed by atoms with Gasteiger partial charge in [-0.15, -0.1) is 0 Å². The van der Waals surface area contributed by atoms with Crippen molar-refractivity contribution >= 4 is 33.2 Å². The van der Waals surface area contributed by atoms with Crippen LogP contribution in [-0.2, 0) is 14.8 Å². The minimum absolute atomic E-state index is 0.247. The number of hydrogen-bond donors (Lipinski definition) is 1. The molecule has 152 valence electrons. The molecule has 0 heterocycles. The summed E-state index contributed by atoms with van der Waals surface area (Å²) >= 11 is 6.04. The molecule has 0 aliphatic carbocycles. The van der Waals surface area contributed by atoms with Gasteiger partial charge >= 0.3 is 0 Å². The largest absolute Gasteiger partial charge is 0.348 e. The monoisotopic (exact) mass is 422 g/mol. The molecule has 28 heavy (non-hydrogen) atoms. The molecule has 0 bridgehead atoms. The van der Waals surface area contributed by atoms with Crippen molar-refractivity contribution in [2.75, 3.05) is 10.6 Å². The maximum Gasteiger partial charge on any atom is 0.244 e. The minimum atomic E-state index is -3.69. The Morgan fingerprint density at radius 1 is 1.18 bits per heavy atom. The molecule has 0 saturated heterocycles. The summed E-state index contributed by atoms with van der Waals surface area (Å²) < 4.78 is 26.1. The minimum Gasteiger partial charge on any atom is -0.348 e. The van der Waals surface area contributed by atoms with Gasteiger partial charge in [-0.25, -0.2) is 8.42 Å². The lowest BCUT2D eigenvalue weighted by molar-refractivity contribution is -0.122. The van der Waals surface area contributed by atoms with Gasteiger partial charge in [0.05, 0.1) is 18.0 Å². The van der Waals surface area contributed by atoms with Gasteiger partial charge in [-0.05, 0) is 56.5 Å². The van der Waals surface area contributed by atoms with E-state index in [1.54, 1.807) is 31.2 Å². The topological polar surface area (TPSA) is 66.5 Å². The average Bonchev–Trinajstić information content (AvgIpc) is 2.57. The highest BCUT2D eigenvalue weighted by atomic mass is 35.5. The quantitative estimate of drug-likeness (QED) is 0.720. The number of sulfonamides is 1. The molecule has 0 radical (unpaired) electrons. The molecule has 0 unspecified atom stereocenters. The zero-order chi connectivity index (χ0) is 21.1. The van der Waals surface area contributed by atoms with Gasteiger partial charge < -0.3 is 5.32 Å². The van der Waals surface area contributed by atoms with Crippen LogP contribution in [0.1, 0.15) is 43.0 Å². The Kier molecular flexibility index (Phi) is 7.12. The van der Waals surface area contributed by atoms with Gasteiger partial charge in [0.1, 0.15) is 6.04 Å². The third-order valence-corrected chi connectivity index (χ3v) is 6.06. The summed E-state index contributed by atoms with van der Waals surface area (Å²) in [6, 6.07) is 11.4. The molecule has 2 aromatic rings. The van der Waals surface area contributed by atoms with Crippen molar-refractivity contribution in [3.05, 3.63) is 64.2 Å². The van der Waals surface area contributed by atoms with Crippen LogP contribution >= 0.6 is 11.6 Å². The Morgan fingerprint density at radius 2 is 1.86 bits per heavy atom. The van der Waals surface area contributed by atoms with E-state index in [1.807, 2.05) is 32.9 Å². The van der Waals surface area contributed by atoms with Crippen LogP contribution in [0.4, 0.5) is 5.69 Å². The standard InChI is InChI=1S/C21H27ClN2O3S/c1-6-20(24(28(5,26)27)18-9-7-8-17(22)13-18)21(25)23-16(4)19-11-10-14(2)12-15(19)3/h7-13,16,20H,6H2,1-5H3,(H,23,25)/t16-,20+/m0/s1. The van der Waals surface area contributed by atoms with Crippen LogP contribution in [0, 0.1) is 13.8 Å². The van der Waals surface area contributed by atoms with Gasteiger partial charge in [-0.1, -0.05) is 48.4 Å². The molecule has 7 heteroatoms. The molecule has 1 amide bonds. The molecular weight excluding hydrogens is 396 g/mol. The van der Waals surface area contributed by atoms with E-state index < -0.39 is 16.1 Å². The van der Waals surface area contributed by atoms with Crippen molar-refractivity contribution in [3.63, 3.8) is 0 Å². The van der Waals surface area contributed by atoms with Crippen molar-refractivity contribution < 1.29 is 13.2 Å². The molecule has 0 aliphatic rings. The molecule has 5 nitrogen and oxygen atoms in total. The molecule has 0 aromatic heterocycles. The number of benzene rings is 2. The van der Waals surface area contributed by atoms with Crippen LogP contribution < -0.4 is 9.62 Å². The number of hydrogen-bond acceptors (Lipinski definition) is 3. The lowest BCUT2D eigenvalue weighted by atomic mass is 10.00. The van der Waals surface area contributed by atoms with E-state index in [0.29, 0.717) is 17.1 Å². The summed E-state index contributed by atoms with van der Waals surface area (Å²) in [7, 11) is -3.69. The van der Waals surface area contributed by atoms with Crippen LogP contribution in [0.5, 0.6) is 0 Å². The van der Waals surface area contributed by atoms with Crippen LogP contribution in [0.15, 0.2) is 42.5 Å². The zero-order valence-electron chi connectivity index (χ0n) is 16.9. The summed E-state index contributed by atoms with van der Waals surface area (Å²) in [4.78, 5) is 13.0. The third kappa shape index (κ3) is 5.26. The van der Waals surface area contributed by atoms with E-state index in [2.05, 4.69) is 11.4 Å². The first-order chi connectivity index (χ1) is 13.0. The van der Waals surface area contributed by atoms with E-state index in [-0.39, 0.29) is 11.9 Å². The number of aryl methyl sites for hydroxylation is 2. The second-order valence-corrected chi connectivity index (χ2v) is 9.35. The second-order valence-electron chi connectivity index (χ2n) is 7.05. The lowest BCUT2D eigenvalue weighted by Crippen LogP contribution is -2.49. The Balaban J connectivity index is 2.33. The number of nitrogens with zero attached hydrogens (tertiary/aromatic N) is 1. The molecule has 2 atom stereocenters. The summed E-state index contributed by atoms with van der Waals surface area (Å²) in [5, 5.41) is 3.37. The first-order valence-corrected chi connectivity index (χ1v) is 11.4. The average molecular weight is 423 g/mol. The lowest BCUT2D eigenvalue weighted by Gasteiger charge is -2.31. The fourth-order valence-electron chi connectivity index (χ4n) is 3.37. The zero-order valence-corrected chi connectivity index (χ0v) is 18.4. The number of rotatable bonds is 7. The molecule has 0 fully saturated rings. The molecule has 0 aliphatic heterocycles. The van der Waals surface area contributed by atoms with Crippen molar-refractivity contribution in [1.82, 2.24) is 5.32 Å². The van der Waals surface area contributed by atoms with E-state index in [4.69, 9.17) is 11.6 Å². The molecule has 0 saturated carbocycles. The fraction of sp³-hybridized carbons (Fsp3) is 0.381. The van der Waals surface area contributed by atoms with Crippen LogP contribution in [0.2, 0.25) is 5.02 Å². The van der Waals surface area contributed by atoms with E-state index in [9.17, 15) is 13.2 Å². The second kappa shape index (κ2) is 8.97. The van der Waals surface area contributed by atoms with Gasteiger partial charge in [-0.2, -0.15) is 0 Å². The molecule has 0 spiro atoms. The third-order valence-electron chi connectivity index (χ3n) is 4.64. The first kappa shape index (κ1) is 22.2. The fourth-order valence-corrected chi connectivity index (χ4v) is 4.76. The Bertz CT molecular complexity index is 960. The normalized spacial score (nSPS) is 13.6. The van der Waals surface area contributed by atoms with E-state index >= 15 is 0 Å². The number of carbonyl (C=O) groups is 1. The predicted molar refractivity (Wildman–Crippen MR) is 115 cm³/mol. The van der Waals surface area contributed by atoms with Gasteiger partial charge in [0, 0.05) is 5.02 Å². The number of amides is 1. The summed E-state index contributed by atoms with van der Waals surface area (Å²) in [6.45, 7) is 7.69. The SMILES string of the molecule is CC[C@H](C(=O)N[C@@H](C)c1ccc(C)cc1C)N(c1cccc(Cl)c1)S(C)(=O)=O. The maximum absolute atomic E-state index is 13.0. The van der Waals surface area contributed by atoms with Gasteiger partial charge in [-0.3, -0.25) is 9.10 Å². The number of halogens is 1. The summed E-state index contributed by atoms with van der Waals surface area (Å²) in [5.74, 6) is -0.347. The highest BCUT2D eigenvalue weighted by Crippen LogP contribution is 2.26. The van der Waals surface area contributed by atoms with Gasteiger partial charge in [0.25, 0.3) is 0 Å². The van der Waals surface area contributed by atoms with Crippen LogP contribution in [-0.4, -0.2) is 26.6 Å². The van der Waals surface area contributed by atoms with Gasteiger partial charge in [0.15, 0.2) is 0 Å². The highest BCUT2D eigenvalue weighted by molar-refractivity contribution is 7.92. The Morgan fingerprint density at radius 3 is 2.39 bits per heavy atom. The smallest absolute Gasteiger partial charge is 0.244 e. The number of carbonyl (C=O) groups excluding carboxylic acids is 1. The summed E-state index contributed by atoms with van der Waals surface area (Å²) in [6.07, 6.45) is 1.42. The maximum atomic E-state index is 13.0. The summed E-state index contributed by atoms with van der Waals surface area (Å²) in [5.41, 5.74) is 3.60. The number of anilines is 1. The van der Waals surface area contributed by atoms with Crippen molar-refractivity contribution in [3.8, 4) is 0 Å². The van der Waals surface area contributed by atoms with E-state index in [1.165, 1.54) is 0 Å². The van der Waals surface area contributed by atoms with Crippen molar-refractivity contribution in [2.24, 2.45) is 0 Å².